The Hall–Kier alpha value is -1.47. The van der Waals surface area contributed by atoms with Crippen molar-refractivity contribution in [2.75, 3.05) is 13.2 Å². The van der Waals surface area contributed by atoms with E-state index in [2.05, 4.69) is 43.6 Å². The van der Waals surface area contributed by atoms with Crippen molar-refractivity contribution >= 4 is 0 Å². The monoisotopic (exact) mass is 261 g/mol. The van der Waals surface area contributed by atoms with Crippen LogP contribution in [0.25, 0.3) is 0 Å². The maximum absolute atomic E-state index is 8.58. The van der Waals surface area contributed by atoms with Gasteiger partial charge in [-0.15, -0.1) is 11.8 Å². The molecule has 0 N–H and O–H groups in total. The van der Waals surface area contributed by atoms with E-state index >= 15 is 0 Å². The van der Waals surface area contributed by atoms with Gasteiger partial charge in [-0.1, -0.05) is 25.7 Å². The van der Waals surface area contributed by atoms with E-state index in [1.54, 1.807) is 0 Å². The fraction of sp³-hybridized carbons (Fsp3) is 0.688. The van der Waals surface area contributed by atoms with E-state index in [9.17, 15) is 0 Å². The molecule has 0 aliphatic heterocycles. The highest BCUT2D eigenvalue weighted by Crippen LogP contribution is 2.03. The van der Waals surface area contributed by atoms with Gasteiger partial charge < -0.3 is 9.47 Å². The van der Waals surface area contributed by atoms with Gasteiger partial charge in [-0.05, 0) is 12.8 Å². The summed E-state index contributed by atoms with van der Waals surface area (Å²) in [5.74, 6) is 11.9. The molecular formula is C16H23NO2. The maximum Gasteiger partial charge on any atom is 0.161 e. The molecule has 0 fully saturated rings. The van der Waals surface area contributed by atoms with Crippen LogP contribution in [0, 0.1) is 35.0 Å². The number of hydrogen-bond donors (Lipinski definition) is 0. The smallest absolute Gasteiger partial charge is 0.161 e. The number of unbranched alkanes of at least 4 members (excludes halogenated alkanes) is 2. The van der Waals surface area contributed by atoms with Gasteiger partial charge in [-0.25, -0.2) is 0 Å². The Kier molecular flexibility index (Phi) is 13.5. The second kappa shape index (κ2) is 14.6. The first-order valence-electron chi connectivity index (χ1n) is 6.86. The number of ether oxygens (including phenoxy) is 2. The Morgan fingerprint density at radius 1 is 0.842 bits per heavy atom. The van der Waals surface area contributed by atoms with Crippen LogP contribution in [0.15, 0.2) is 0 Å². The van der Waals surface area contributed by atoms with Gasteiger partial charge in [0.1, 0.15) is 13.2 Å². The van der Waals surface area contributed by atoms with Crippen LogP contribution >= 0.6 is 0 Å². The molecule has 0 rings (SSSR count). The molecule has 0 aromatic rings. The minimum absolute atomic E-state index is 0.346. The first-order valence-corrected chi connectivity index (χ1v) is 6.86. The molecule has 0 heterocycles. The van der Waals surface area contributed by atoms with Gasteiger partial charge in [0.15, 0.2) is 6.29 Å². The Balaban J connectivity index is 3.93. The minimum atomic E-state index is -0.383. The molecule has 0 saturated heterocycles. The second-order valence-corrected chi connectivity index (χ2v) is 3.96. The number of nitriles is 1. The summed E-state index contributed by atoms with van der Waals surface area (Å²) < 4.78 is 11.0. The first-order chi connectivity index (χ1) is 9.35. The topological polar surface area (TPSA) is 42.2 Å². The molecule has 3 nitrogen and oxygen atoms in total. The van der Waals surface area contributed by atoms with Gasteiger partial charge in [-0.2, -0.15) is 5.26 Å². The largest absolute Gasteiger partial charge is 0.340 e. The van der Waals surface area contributed by atoms with E-state index in [1.165, 1.54) is 0 Å². The third kappa shape index (κ3) is 12.8. The van der Waals surface area contributed by atoms with Crippen molar-refractivity contribution in [3.8, 4) is 29.8 Å². The third-order valence-corrected chi connectivity index (χ3v) is 2.17. The lowest BCUT2D eigenvalue weighted by Gasteiger charge is -2.14. The maximum atomic E-state index is 8.58. The highest BCUT2D eigenvalue weighted by atomic mass is 16.7. The van der Waals surface area contributed by atoms with Gasteiger partial charge >= 0.3 is 0 Å². The average molecular weight is 261 g/mol. The Morgan fingerprint density at radius 2 is 1.37 bits per heavy atom. The summed E-state index contributed by atoms with van der Waals surface area (Å²) in [6.45, 7) is 4.86. The zero-order valence-electron chi connectivity index (χ0n) is 12.0. The van der Waals surface area contributed by atoms with Crippen LogP contribution in [0.2, 0.25) is 0 Å². The summed E-state index contributed by atoms with van der Waals surface area (Å²) in [5, 5.41) is 8.58. The summed E-state index contributed by atoms with van der Waals surface area (Å²) in [6, 6.07) is 2.09. The van der Waals surface area contributed by atoms with E-state index in [4.69, 9.17) is 14.7 Å². The SMILES string of the molecule is CCCC#CCOC(CCC#N)OCC#CCCC. The number of rotatable bonds is 8. The molecule has 0 unspecified atom stereocenters. The normalized spacial score (nSPS) is 9.16. The van der Waals surface area contributed by atoms with Crippen molar-refractivity contribution in [3.05, 3.63) is 0 Å². The molecule has 0 amide bonds. The molecule has 0 radical (unpaired) electrons. The second-order valence-electron chi connectivity index (χ2n) is 3.96. The van der Waals surface area contributed by atoms with Gasteiger partial charge in [0.2, 0.25) is 0 Å². The van der Waals surface area contributed by atoms with Gasteiger partial charge in [0, 0.05) is 25.7 Å². The lowest BCUT2D eigenvalue weighted by atomic mass is 10.3. The predicted molar refractivity (Wildman–Crippen MR) is 75.9 cm³/mol. The van der Waals surface area contributed by atoms with Crippen LogP contribution in [0.1, 0.15) is 52.4 Å². The van der Waals surface area contributed by atoms with Crippen molar-refractivity contribution in [2.24, 2.45) is 0 Å². The average Bonchev–Trinajstić information content (AvgIpc) is 2.43. The van der Waals surface area contributed by atoms with Gasteiger partial charge in [-0.3, -0.25) is 0 Å². The van der Waals surface area contributed by atoms with Crippen LogP contribution in [-0.4, -0.2) is 19.5 Å². The van der Waals surface area contributed by atoms with E-state index < -0.39 is 0 Å². The van der Waals surface area contributed by atoms with E-state index in [0.717, 1.165) is 25.7 Å². The molecule has 0 aliphatic rings. The van der Waals surface area contributed by atoms with Gasteiger partial charge in [0.05, 0.1) is 6.07 Å². The van der Waals surface area contributed by atoms with Crippen LogP contribution in [0.5, 0.6) is 0 Å². The molecule has 19 heavy (non-hydrogen) atoms. The fourth-order valence-electron chi connectivity index (χ4n) is 1.20. The summed E-state index contributed by atoms with van der Waals surface area (Å²) in [5.41, 5.74) is 0. The van der Waals surface area contributed by atoms with Crippen LogP contribution < -0.4 is 0 Å². The molecule has 3 heteroatoms. The molecule has 0 aromatic heterocycles. The fourth-order valence-corrected chi connectivity index (χ4v) is 1.20. The number of nitrogens with zero attached hydrogens (tertiary/aromatic N) is 1. The Bertz CT molecular complexity index is 334. The Morgan fingerprint density at radius 3 is 1.79 bits per heavy atom. The first kappa shape index (κ1) is 17.5. The molecule has 0 aromatic carbocycles. The molecular weight excluding hydrogens is 238 g/mol. The third-order valence-electron chi connectivity index (χ3n) is 2.17. The molecule has 104 valence electrons. The summed E-state index contributed by atoms with van der Waals surface area (Å²) in [4.78, 5) is 0. The van der Waals surface area contributed by atoms with Crippen molar-refractivity contribution in [2.45, 2.75) is 58.7 Å². The van der Waals surface area contributed by atoms with Crippen LogP contribution in [0.4, 0.5) is 0 Å². The van der Waals surface area contributed by atoms with E-state index in [0.29, 0.717) is 26.1 Å². The zero-order chi connectivity index (χ0) is 14.2. The predicted octanol–water partition coefficient (Wildman–Crippen LogP) is 3.26. The van der Waals surface area contributed by atoms with Crippen LogP contribution in [0.3, 0.4) is 0 Å². The molecule has 0 spiro atoms. The summed E-state index contributed by atoms with van der Waals surface area (Å²) >= 11 is 0. The molecule has 0 bridgehead atoms. The lowest BCUT2D eigenvalue weighted by molar-refractivity contribution is -0.126. The molecule has 0 atom stereocenters. The van der Waals surface area contributed by atoms with Crippen molar-refractivity contribution in [3.63, 3.8) is 0 Å². The minimum Gasteiger partial charge on any atom is -0.340 e. The highest BCUT2D eigenvalue weighted by molar-refractivity contribution is 4.99. The van der Waals surface area contributed by atoms with Crippen LogP contribution in [-0.2, 0) is 9.47 Å². The van der Waals surface area contributed by atoms with Crippen molar-refractivity contribution in [1.82, 2.24) is 0 Å². The summed E-state index contributed by atoms with van der Waals surface area (Å²) in [6.07, 6.45) is 4.46. The lowest BCUT2D eigenvalue weighted by Crippen LogP contribution is -2.17. The highest BCUT2D eigenvalue weighted by Gasteiger charge is 2.07. The van der Waals surface area contributed by atoms with E-state index in [-0.39, 0.29) is 6.29 Å². The molecule has 0 aliphatic carbocycles. The van der Waals surface area contributed by atoms with Crippen molar-refractivity contribution < 1.29 is 9.47 Å². The zero-order valence-corrected chi connectivity index (χ0v) is 12.0. The van der Waals surface area contributed by atoms with Crippen molar-refractivity contribution in [1.29, 1.82) is 5.26 Å². The summed E-state index contributed by atoms with van der Waals surface area (Å²) in [7, 11) is 0. The Labute approximate surface area is 117 Å². The van der Waals surface area contributed by atoms with Gasteiger partial charge in [0.25, 0.3) is 0 Å². The number of hydrogen-bond acceptors (Lipinski definition) is 3. The quantitative estimate of drug-likeness (QED) is 0.497. The standard InChI is InChI=1S/C16H23NO2/c1-3-5-7-9-14-18-16(12-11-13-17)19-15-10-8-6-4-2/h16H,3-6,11-12,14-15H2,1-2H3. The molecule has 0 saturated carbocycles. The van der Waals surface area contributed by atoms with E-state index in [1.807, 2.05) is 0 Å².